The molecule has 186 valence electrons. The van der Waals surface area contributed by atoms with Gasteiger partial charge in [-0.05, 0) is 57.4 Å². The molecule has 0 bridgehead atoms. The molecule has 0 spiro atoms. The minimum Gasteiger partial charge on any atom is -0.352 e. The highest BCUT2D eigenvalue weighted by Crippen LogP contribution is 2.44. The van der Waals surface area contributed by atoms with Gasteiger partial charge in [0.15, 0.2) is 10.2 Å². The quantitative estimate of drug-likeness (QED) is 0.261. The second-order valence-electron chi connectivity index (χ2n) is 8.03. The molecule has 0 saturated carbocycles. The lowest BCUT2D eigenvalue weighted by Gasteiger charge is -2.34. The van der Waals surface area contributed by atoms with E-state index in [9.17, 15) is 14.4 Å². The van der Waals surface area contributed by atoms with Crippen LogP contribution in [0.15, 0.2) is 18.2 Å². The molecule has 1 unspecified atom stereocenters. The van der Waals surface area contributed by atoms with Gasteiger partial charge in [0.05, 0.1) is 6.61 Å². The van der Waals surface area contributed by atoms with Crippen LogP contribution < -0.4 is 5.32 Å². The van der Waals surface area contributed by atoms with Gasteiger partial charge in [-0.15, -0.1) is 0 Å². The molecule has 0 heterocycles. The SMILES string of the molecule is COP(OCCCNC(=O)c1cc(CSC(C)=O)cc(CSC(C)=O)c1)N(C(C)C)C(C)C. The number of carbonyl (C=O) groups is 3. The summed E-state index contributed by atoms with van der Waals surface area (Å²) in [5.41, 5.74) is 2.30. The fourth-order valence-electron chi connectivity index (χ4n) is 3.14. The summed E-state index contributed by atoms with van der Waals surface area (Å²) in [7, 11) is 0.514. The van der Waals surface area contributed by atoms with E-state index in [0.29, 0.717) is 48.7 Å². The van der Waals surface area contributed by atoms with E-state index in [0.717, 1.165) is 11.1 Å². The molecule has 0 radical (unpaired) electrons. The lowest BCUT2D eigenvalue weighted by atomic mass is 10.1. The van der Waals surface area contributed by atoms with Crippen LogP contribution in [0, 0.1) is 0 Å². The molecule has 0 saturated heterocycles. The summed E-state index contributed by atoms with van der Waals surface area (Å²) in [4.78, 5) is 35.4. The average Bonchev–Trinajstić information content (AvgIpc) is 2.74. The second kappa shape index (κ2) is 15.8. The van der Waals surface area contributed by atoms with Gasteiger partial charge in [0.2, 0.25) is 0 Å². The van der Waals surface area contributed by atoms with Crippen molar-refractivity contribution in [3.05, 3.63) is 34.9 Å². The maximum absolute atomic E-state index is 12.7. The van der Waals surface area contributed by atoms with E-state index in [1.807, 2.05) is 6.07 Å². The van der Waals surface area contributed by atoms with Gasteiger partial charge in [0.1, 0.15) is 0 Å². The third kappa shape index (κ3) is 11.8. The third-order valence-corrected chi connectivity index (χ3v) is 8.20. The van der Waals surface area contributed by atoms with Crippen molar-refractivity contribution in [3.63, 3.8) is 0 Å². The zero-order chi connectivity index (χ0) is 25.0. The summed E-state index contributed by atoms with van der Waals surface area (Å²) in [6.45, 7) is 12.5. The van der Waals surface area contributed by atoms with Crippen LogP contribution in [-0.2, 0) is 30.1 Å². The molecule has 0 aliphatic heterocycles. The van der Waals surface area contributed by atoms with Crippen molar-refractivity contribution in [2.45, 2.75) is 71.6 Å². The maximum atomic E-state index is 12.7. The highest BCUT2D eigenvalue weighted by molar-refractivity contribution is 8.13. The van der Waals surface area contributed by atoms with E-state index in [4.69, 9.17) is 9.05 Å². The number of benzene rings is 1. The summed E-state index contributed by atoms with van der Waals surface area (Å²) in [5, 5.41) is 2.98. The maximum Gasteiger partial charge on any atom is 0.258 e. The van der Waals surface area contributed by atoms with Crippen LogP contribution in [0.5, 0.6) is 0 Å². The first-order valence-corrected chi connectivity index (χ1v) is 14.1. The minimum atomic E-state index is -1.14. The van der Waals surface area contributed by atoms with Crippen LogP contribution >= 0.6 is 32.0 Å². The van der Waals surface area contributed by atoms with Crippen molar-refractivity contribution in [1.82, 2.24) is 9.99 Å². The first-order valence-electron chi connectivity index (χ1n) is 11.0. The molecule has 1 N–H and O–H groups in total. The Bertz CT molecular complexity index is 748. The van der Waals surface area contributed by atoms with Crippen molar-refractivity contribution in [2.75, 3.05) is 20.3 Å². The van der Waals surface area contributed by atoms with Crippen LogP contribution in [0.25, 0.3) is 0 Å². The average molecular weight is 517 g/mol. The number of nitrogens with one attached hydrogen (secondary N) is 1. The van der Waals surface area contributed by atoms with E-state index in [2.05, 4.69) is 37.7 Å². The molecule has 1 rings (SSSR count). The number of rotatable bonds is 14. The predicted molar refractivity (Wildman–Crippen MR) is 139 cm³/mol. The first-order chi connectivity index (χ1) is 15.5. The van der Waals surface area contributed by atoms with E-state index < -0.39 is 8.53 Å². The molecule has 1 aromatic rings. The van der Waals surface area contributed by atoms with Crippen LogP contribution in [0.2, 0.25) is 0 Å². The van der Waals surface area contributed by atoms with Gasteiger partial charge in [0.25, 0.3) is 14.4 Å². The normalized spacial score (nSPS) is 12.4. The highest BCUT2D eigenvalue weighted by atomic mass is 32.2. The molecule has 0 aliphatic rings. The summed E-state index contributed by atoms with van der Waals surface area (Å²) in [6, 6.07) is 6.16. The topological polar surface area (TPSA) is 84.9 Å². The second-order valence-corrected chi connectivity index (χ2v) is 11.9. The van der Waals surface area contributed by atoms with Crippen LogP contribution in [0.3, 0.4) is 0 Å². The molecule has 10 heteroatoms. The Morgan fingerprint density at radius 3 is 1.91 bits per heavy atom. The number of amides is 1. The molecule has 1 amide bonds. The van der Waals surface area contributed by atoms with E-state index >= 15 is 0 Å². The van der Waals surface area contributed by atoms with Crippen LogP contribution in [0.4, 0.5) is 0 Å². The molecule has 0 aliphatic carbocycles. The Balaban J connectivity index is 2.68. The first kappa shape index (κ1) is 30.1. The summed E-state index contributed by atoms with van der Waals surface area (Å²) >= 11 is 2.40. The molecule has 1 atom stereocenters. The molecular formula is C23H37N2O5PS2. The molecule has 7 nitrogen and oxygen atoms in total. The monoisotopic (exact) mass is 516 g/mol. The van der Waals surface area contributed by atoms with Crippen LogP contribution in [-0.4, -0.2) is 53.2 Å². The Morgan fingerprint density at radius 2 is 1.48 bits per heavy atom. The zero-order valence-electron chi connectivity index (χ0n) is 20.7. The van der Waals surface area contributed by atoms with Crippen molar-refractivity contribution in [2.24, 2.45) is 0 Å². The Hall–Kier alpha value is -0.960. The van der Waals surface area contributed by atoms with Crippen molar-refractivity contribution >= 4 is 48.2 Å². The van der Waals surface area contributed by atoms with Gasteiger partial charge in [-0.3, -0.25) is 14.4 Å². The molecule has 0 aromatic heterocycles. The number of thioether (sulfide) groups is 2. The van der Waals surface area contributed by atoms with Gasteiger partial charge in [-0.1, -0.05) is 29.6 Å². The Labute approximate surface area is 208 Å². The molecule has 33 heavy (non-hydrogen) atoms. The van der Waals surface area contributed by atoms with Gasteiger partial charge in [-0.2, -0.15) is 0 Å². The van der Waals surface area contributed by atoms with Gasteiger partial charge < -0.3 is 14.4 Å². The van der Waals surface area contributed by atoms with Crippen molar-refractivity contribution in [1.29, 1.82) is 0 Å². The Kier molecular flexibility index (Phi) is 14.4. The summed E-state index contributed by atoms with van der Waals surface area (Å²) in [6.07, 6.45) is 0.658. The standard InChI is InChI=1S/C23H37N2O5PS2/c1-16(2)25(17(3)4)31(29-7)30-10-8-9-24-23(28)22-12-20(14-32-18(5)26)11-21(13-22)15-33-19(6)27/h11-13,16-17H,8-10,14-15H2,1-7H3,(H,24,28). The van der Waals surface area contributed by atoms with Crippen molar-refractivity contribution < 1.29 is 23.4 Å². The predicted octanol–water partition coefficient (Wildman–Crippen LogP) is 5.37. The van der Waals surface area contributed by atoms with Crippen molar-refractivity contribution in [3.8, 4) is 0 Å². The number of carbonyl (C=O) groups excluding carboxylic acids is 3. The summed E-state index contributed by atoms with van der Waals surface area (Å²) in [5.74, 6) is 0.800. The largest absolute Gasteiger partial charge is 0.352 e. The highest BCUT2D eigenvalue weighted by Gasteiger charge is 2.25. The van der Waals surface area contributed by atoms with Gasteiger partial charge in [-0.25, -0.2) is 4.67 Å². The number of nitrogens with zero attached hydrogens (tertiary/aromatic N) is 1. The Morgan fingerprint density at radius 1 is 0.970 bits per heavy atom. The van der Waals surface area contributed by atoms with E-state index in [1.165, 1.54) is 37.4 Å². The minimum absolute atomic E-state index is 0.0223. The van der Waals surface area contributed by atoms with E-state index in [-0.39, 0.29) is 16.1 Å². The smallest absolute Gasteiger partial charge is 0.258 e. The van der Waals surface area contributed by atoms with Gasteiger partial charge in [0, 0.05) is 56.7 Å². The lowest BCUT2D eigenvalue weighted by Crippen LogP contribution is -2.33. The number of hydrogen-bond acceptors (Lipinski definition) is 8. The fraction of sp³-hybridized carbons (Fsp3) is 0.609. The van der Waals surface area contributed by atoms with Crippen LogP contribution in [0.1, 0.15) is 69.4 Å². The van der Waals surface area contributed by atoms with Gasteiger partial charge >= 0.3 is 0 Å². The molecule has 1 aromatic carbocycles. The third-order valence-electron chi connectivity index (χ3n) is 4.41. The number of hydrogen-bond donors (Lipinski definition) is 1. The van der Waals surface area contributed by atoms with E-state index in [1.54, 1.807) is 19.2 Å². The molecule has 0 fully saturated rings. The lowest BCUT2D eigenvalue weighted by molar-refractivity contribution is -0.109. The zero-order valence-corrected chi connectivity index (χ0v) is 23.2. The fourth-order valence-corrected chi connectivity index (χ4v) is 5.68. The molecular weight excluding hydrogens is 479 g/mol. The summed E-state index contributed by atoms with van der Waals surface area (Å²) < 4.78 is 13.7.